The highest BCUT2D eigenvalue weighted by Gasteiger charge is 2.45. The fourth-order valence-corrected chi connectivity index (χ4v) is 2.49. The van der Waals surface area contributed by atoms with Crippen LogP contribution in [0.1, 0.15) is 45.2 Å². The van der Waals surface area contributed by atoms with Gasteiger partial charge in [0.05, 0.1) is 23.1 Å². The number of hydrogen-bond acceptors (Lipinski definition) is 3. The van der Waals surface area contributed by atoms with E-state index >= 15 is 0 Å². The Bertz CT molecular complexity index is 473. The van der Waals surface area contributed by atoms with Crippen LogP contribution in [0.2, 0.25) is 0 Å². The molecule has 0 atom stereocenters. The van der Waals surface area contributed by atoms with Crippen molar-refractivity contribution in [2.24, 2.45) is 5.92 Å². The Morgan fingerprint density at radius 1 is 1.37 bits per heavy atom. The number of aromatic nitrogens is 1. The number of carbonyl (C=O) groups excluding carboxylic acids is 1. The molecule has 3 rings (SSSR count). The molecule has 0 bridgehead atoms. The summed E-state index contributed by atoms with van der Waals surface area (Å²) in [6.45, 7) is 4.31. The largest absolute Gasteiger partial charge is 0.324 e. The maximum Gasteiger partial charge on any atom is 0.227 e. The molecule has 2 fully saturated rings. The predicted octanol–water partition coefficient (Wildman–Crippen LogP) is 2.42. The third-order valence-electron chi connectivity index (χ3n) is 3.78. The molecule has 2 N–H and O–H groups in total. The Morgan fingerprint density at radius 3 is 2.58 bits per heavy atom. The van der Waals surface area contributed by atoms with Crippen LogP contribution in [0.25, 0.3) is 0 Å². The molecule has 2 saturated carbocycles. The minimum absolute atomic E-state index is 0.0766. The third kappa shape index (κ3) is 2.78. The molecule has 0 aliphatic heterocycles. The number of rotatable bonds is 5. The fraction of sp³-hybridized carbons (Fsp3) is 0.600. The van der Waals surface area contributed by atoms with Crippen LogP contribution < -0.4 is 10.6 Å². The Labute approximate surface area is 114 Å². The first kappa shape index (κ1) is 12.6. The van der Waals surface area contributed by atoms with E-state index in [4.69, 9.17) is 0 Å². The van der Waals surface area contributed by atoms with Gasteiger partial charge in [-0.15, -0.1) is 0 Å². The molecule has 0 radical (unpaired) electrons. The van der Waals surface area contributed by atoms with Gasteiger partial charge in [-0.1, -0.05) is 0 Å². The molecule has 1 heterocycles. The number of pyridine rings is 1. The van der Waals surface area contributed by atoms with Gasteiger partial charge in [0.15, 0.2) is 0 Å². The Morgan fingerprint density at radius 2 is 2.11 bits per heavy atom. The number of nitrogens with zero attached hydrogens (tertiary/aromatic N) is 1. The highest BCUT2D eigenvalue weighted by atomic mass is 16.2. The van der Waals surface area contributed by atoms with E-state index < -0.39 is 0 Å². The van der Waals surface area contributed by atoms with Gasteiger partial charge in [0.1, 0.15) is 0 Å². The van der Waals surface area contributed by atoms with E-state index in [0.717, 1.165) is 37.1 Å². The molecule has 4 nitrogen and oxygen atoms in total. The number of nitrogens with one attached hydrogen (secondary N) is 2. The normalized spacial score (nSPS) is 20.4. The summed E-state index contributed by atoms with van der Waals surface area (Å²) in [6.07, 6.45) is 6.12. The van der Waals surface area contributed by atoms with Gasteiger partial charge < -0.3 is 10.6 Å². The highest BCUT2D eigenvalue weighted by molar-refractivity contribution is 5.93. The van der Waals surface area contributed by atoms with E-state index in [1.807, 2.05) is 12.1 Å². The molecule has 4 heteroatoms. The SMILES string of the molecule is CC(C)NC1(c2ccc(NC(=O)C3CC3)cn2)CC1. The van der Waals surface area contributed by atoms with Crippen LogP contribution in [0, 0.1) is 5.92 Å². The van der Waals surface area contributed by atoms with Crippen molar-refractivity contribution < 1.29 is 4.79 Å². The Kier molecular flexibility index (Phi) is 3.05. The van der Waals surface area contributed by atoms with Crippen molar-refractivity contribution in [2.45, 2.75) is 51.1 Å². The lowest BCUT2D eigenvalue weighted by molar-refractivity contribution is -0.117. The smallest absolute Gasteiger partial charge is 0.227 e. The van der Waals surface area contributed by atoms with Gasteiger partial charge in [-0.3, -0.25) is 9.78 Å². The van der Waals surface area contributed by atoms with E-state index in [9.17, 15) is 4.79 Å². The van der Waals surface area contributed by atoms with Gasteiger partial charge in [-0.05, 0) is 51.7 Å². The van der Waals surface area contributed by atoms with Crippen LogP contribution in [-0.2, 0) is 10.3 Å². The average Bonchev–Trinajstić information content (AvgIpc) is 3.24. The van der Waals surface area contributed by atoms with Crippen molar-refractivity contribution in [2.75, 3.05) is 5.32 Å². The first-order chi connectivity index (χ1) is 9.09. The van der Waals surface area contributed by atoms with Crippen molar-refractivity contribution in [1.29, 1.82) is 0 Å². The van der Waals surface area contributed by atoms with Crippen LogP contribution in [0.15, 0.2) is 18.3 Å². The number of amides is 1. The standard InChI is InChI=1S/C15H21N3O/c1-10(2)18-15(7-8-15)13-6-5-12(9-16-13)17-14(19)11-3-4-11/h5-6,9-11,18H,3-4,7-8H2,1-2H3,(H,17,19). The molecule has 0 saturated heterocycles. The van der Waals surface area contributed by atoms with Gasteiger partial charge >= 0.3 is 0 Å². The zero-order valence-electron chi connectivity index (χ0n) is 11.6. The van der Waals surface area contributed by atoms with E-state index in [-0.39, 0.29) is 17.4 Å². The first-order valence-electron chi connectivity index (χ1n) is 7.14. The molecule has 1 amide bonds. The second kappa shape index (κ2) is 4.60. The Hall–Kier alpha value is -1.42. The van der Waals surface area contributed by atoms with Crippen molar-refractivity contribution in [1.82, 2.24) is 10.3 Å². The second-order valence-corrected chi connectivity index (χ2v) is 6.08. The lowest BCUT2D eigenvalue weighted by atomic mass is 10.1. The van der Waals surface area contributed by atoms with Crippen molar-refractivity contribution in [3.63, 3.8) is 0 Å². The Balaban J connectivity index is 1.67. The average molecular weight is 259 g/mol. The van der Waals surface area contributed by atoms with E-state index in [1.54, 1.807) is 6.20 Å². The topological polar surface area (TPSA) is 54.0 Å². The summed E-state index contributed by atoms with van der Waals surface area (Å²) in [7, 11) is 0. The number of hydrogen-bond donors (Lipinski definition) is 2. The van der Waals surface area contributed by atoms with Crippen LogP contribution in [0.4, 0.5) is 5.69 Å². The van der Waals surface area contributed by atoms with Crippen molar-refractivity contribution >= 4 is 11.6 Å². The lowest BCUT2D eigenvalue weighted by Crippen LogP contribution is -2.35. The van der Waals surface area contributed by atoms with Gasteiger partial charge in [0, 0.05) is 12.0 Å². The summed E-state index contributed by atoms with van der Waals surface area (Å²) in [5.41, 5.74) is 1.97. The first-order valence-corrected chi connectivity index (χ1v) is 7.14. The minimum Gasteiger partial charge on any atom is -0.324 e. The summed E-state index contributed by atoms with van der Waals surface area (Å²) < 4.78 is 0. The van der Waals surface area contributed by atoms with Crippen LogP contribution >= 0.6 is 0 Å². The molecule has 102 valence electrons. The van der Waals surface area contributed by atoms with Crippen molar-refractivity contribution in [3.05, 3.63) is 24.0 Å². The highest BCUT2D eigenvalue weighted by Crippen LogP contribution is 2.45. The van der Waals surface area contributed by atoms with E-state index in [2.05, 4.69) is 29.5 Å². The quantitative estimate of drug-likeness (QED) is 0.854. The molecular weight excluding hydrogens is 238 g/mol. The monoisotopic (exact) mass is 259 g/mol. The summed E-state index contributed by atoms with van der Waals surface area (Å²) >= 11 is 0. The summed E-state index contributed by atoms with van der Waals surface area (Å²) in [5, 5.41) is 6.51. The molecule has 19 heavy (non-hydrogen) atoms. The van der Waals surface area contributed by atoms with Crippen LogP contribution in [0.5, 0.6) is 0 Å². The molecule has 2 aliphatic rings. The summed E-state index contributed by atoms with van der Waals surface area (Å²) in [6, 6.07) is 4.45. The molecule has 1 aromatic rings. The predicted molar refractivity (Wildman–Crippen MR) is 74.8 cm³/mol. The van der Waals surface area contributed by atoms with Gasteiger partial charge in [0.25, 0.3) is 0 Å². The zero-order chi connectivity index (χ0) is 13.5. The van der Waals surface area contributed by atoms with E-state index in [0.29, 0.717) is 6.04 Å². The molecule has 1 aromatic heterocycles. The molecular formula is C15H21N3O. The lowest BCUT2D eigenvalue weighted by Gasteiger charge is -2.20. The van der Waals surface area contributed by atoms with Gasteiger partial charge in [0.2, 0.25) is 5.91 Å². The van der Waals surface area contributed by atoms with Crippen molar-refractivity contribution in [3.8, 4) is 0 Å². The fourth-order valence-electron chi connectivity index (χ4n) is 2.49. The zero-order valence-corrected chi connectivity index (χ0v) is 11.6. The number of anilines is 1. The molecule has 0 unspecified atom stereocenters. The summed E-state index contributed by atoms with van der Waals surface area (Å²) in [5.74, 6) is 0.369. The maximum absolute atomic E-state index is 11.7. The molecule has 0 aromatic carbocycles. The third-order valence-corrected chi connectivity index (χ3v) is 3.78. The minimum atomic E-state index is 0.0766. The molecule has 2 aliphatic carbocycles. The molecule has 0 spiro atoms. The number of carbonyl (C=O) groups is 1. The van der Waals surface area contributed by atoms with Crippen LogP contribution in [0.3, 0.4) is 0 Å². The van der Waals surface area contributed by atoms with Crippen LogP contribution in [-0.4, -0.2) is 16.9 Å². The van der Waals surface area contributed by atoms with E-state index in [1.165, 1.54) is 0 Å². The second-order valence-electron chi connectivity index (χ2n) is 6.08. The van der Waals surface area contributed by atoms with Gasteiger partial charge in [-0.25, -0.2) is 0 Å². The maximum atomic E-state index is 11.7. The van der Waals surface area contributed by atoms with Gasteiger partial charge in [-0.2, -0.15) is 0 Å². The summed E-state index contributed by atoms with van der Waals surface area (Å²) in [4.78, 5) is 16.2.